The number of thiophene rings is 1. The Bertz CT molecular complexity index is 909. The van der Waals surface area contributed by atoms with Crippen molar-refractivity contribution in [1.29, 1.82) is 0 Å². The number of nitrogens with zero attached hydrogens (tertiary/aromatic N) is 3. The Kier molecular flexibility index (Phi) is 6.59. The van der Waals surface area contributed by atoms with E-state index in [2.05, 4.69) is 14.9 Å². The second-order valence-corrected chi connectivity index (χ2v) is 7.55. The van der Waals surface area contributed by atoms with Gasteiger partial charge in [-0.2, -0.15) is 4.98 Å². The van der Waals surface area contributed by atoms with Crippen molar-refractivity contribution in [3.8, 4) is 11.1 Å². The molecule has 0 bridgehead atoms. The number of aromatic nitrogens is 2. The number of benzene rings is 1. The molecule has 2 heterocycles. The Hall–Kier alpha value is -1.80. The summed E-state index contributed by atoms with van der Waals surface area (Å²) in [6, 6.07) is 6.47. The molecule has 0 unspecified atom stereocenters. The van der Waals surface area contributed by atoms with Gasteiger partial charge in [0, 0.05) is 37.7 Å². The van der Waals surface area contributed by atoms with Crippen molar-refractivity contribution in [2.75, 3.05) is 45.4 Å². The molecule has 0 atom stereocenters. The topological polar surface area (TPSA) is 47.5 Å². The number of hydrogen-bond donors (Lipinski definition) is 0. The lowest BCUT2D eigenvalue weighted by molar-refractivity contribution is 0.190. The Labute approximate surface area is 166 Å². The minimum atomic E-state index is -0.266. The van der Waals surface area contributed by atoms with Gasteiger partial charge < -0.3 is 14.4 Å². The average Bonchev–Trinajstić information content (AvgIpc) is 2.97. The number of ether oxygens (including phenoxy) is 2. The lowest BCUT2D eigenvalue weighted by Gasteiger charge is -2.24. The van der Waals surface area contributed by atoms with E-state index in [1.807, 2.05) is 6.92 Å². The van der Waals surface area contributed by atoms with E-state index in [0.717, 1.165) is 32.0 Å². The molecule has 0 fully saturated rings. The Balaban J connectivity index is 2.19. The highest BCUT2D eigenvalue weighted by molar-refractivity contribution is 7.19. The fourth-order valence-electron chi connectivity index (χ4n) is 2.99. The molecule has 27 heavy (non-hydrogen) atoms. The van der Waals surface area contributed by atoms with Crippen LogP contribution in [0.3, 0.4) is 0 Å². The molecule has 0 aliphatic heterocycles. The van der Waals surface area contributed by atoms with Crippen molar-refractivity contribution in [3.05, 3.63) is 40.2 Å². The van der Waals surface area contributed by atoms with Crippen molar-refractivity contribution < 1.29 is 13.9 Å². The molecule has 0 saturated heterocycles. The molecule has 0 saturated carbocycles. The molecule has 3 aromatic rings. The molecule has 0 amide bonds. The monoisotopic (exact) mass is 409 g/mol. The zero-order valence-electron chi connectivity index (χ0n) is 15.5. The summed E-state index contributed by atoms with van der Waals surface area (Å²) in [7, 11) is 3.32. The van der Waals surface area contributed by atoms with Crippen molar-refractivity contribution in [2.24, 2.45) is 0 Å². The van der Waals surface area contributed by atoms with Crippen molar-refractivity contribution >= 4 is 39.0 Å². The fourth-order valence-corrected chi connectivity index (χ4v) is 4.24. The number of rotatable bonds is 8. The molecule has 8 heteroatoms. The maximum Gasteiger partial charge on any atom is 0.225 e. The summed E-state index contributed by atoms with van der Waals surface area (Å²) < 4.78 is 23.9. The van der Waals surface area contributed by atoms with Gasteiger partial charge in [-0.05, 0) is 36.2 Å². The molecular formula is C19H21ClFN3O2S. The lowest BCUT2D eigenvalue weighted by Crippen LogP contribution is -2.31. The smallest absolute Gasteiger partial charge is 0.225 e. The molecule has 1 aromatic carbocycles. The third-order valence-corrected chi connectivity index (χ3v) is 5.41. The Morgan fingerprint density at radius 2 is 1.70 bits per heavy atom. The maximum absolute atomic E-state index is 13.4. The largest absolute Gasteiger partial charge is 0.383 e. The van der Waals surface area contributed by atoms with Crippen LogP contribution in [0.4, 0.5) is 10.2 Å². The van der Waals surface area contributed by atoms with Gasteiger partial charge in [-0.3, -0.25) is 0 Å². The summed E-state index contributed by atoms with van der Waals surface area (Å²) in [6.07, 6.45) is 0. The van der Waals surface area contributed by atoms with E-state index in [9.17, 15) is 4.39 Å². The first kappa shape index (κ1) is 19.9. The number of aryl methyl sites for hydroxylation is 1. The summed E-state index contributed by atoms with van der Waals surface area (Å²) in [5.74, 6) is 0.472. The highest BCUT2D eigenvalue weighted by atomic mass is 35.5. The van der Waals surface area contributed by atoms with Gasteiger partial charge in [0.1, 0.15) is 16.5 Å². The van der Waals surface area contributed by atoms with E-state index < -0.39 is 0 Å². The minimum absolute atomic E-state index is 0.198. The third kappa shape index (κ3) is 4.38. The van der Waals surface area contributed by atoms with Gasteiger partial charge in [0.05, 0.1) is 18.6 Å². The molecule has 0 spiro atoms. The van der Waals surface area contributed by atoms with Crippen LogP contribution in [0.15, 0.2) is 24.3 Å². The first-order valence-corrected chi connectivity index (χ1v) is 9.70. The third-order valence-electron chi connectivity index (χ3n) is 4.24. The Morgan fingerprint density at radius 1 is 1.07 bits per heavy atom. The normalized spacial score (nSPS) is 11.3. The molecule has 2 aromatic heterocycles. The van der Waals surface area contributed by atoms with Gasteiger partial charge in [-0.1, -0.05) is 12.1 Å². The highest BCUT2D eigenvalue weighted by Crippen LogP contribution is 2.42. The van der Waals surface area contributed by atoms with E-state index in [4.69, 9.17) is 21.1 Å². The standard InChI is InChI=1S/C19H21ClFN3O2S/c1-12-15(13-4-6-14(21)7-5-13)16-17(22-19(20)23-18(16)27-12)24(8-10-25-2)9-11-26-3/h4-7H,8-11H2,1-3H3. The van der Waals surface area contributed by atoms with Gasteiger partial charge in [-0.15, -0.1) is 11.3 Å². The van der Waals surface area contributed by atoms with Crippen LogP contribution >= 0.6 is 22.9 Å². The van der Waals surface area contributed by atoms with Crippen LogP contribution in [0, 0.1) is 12.7 Å². The molecule has 0 aliphatic rings. The molecule has 0 radical (unpaired) electrons. The van der Waals surface area contributed by atoms with Gasteiger partial charge in [0.2, 0.25) is 5.28 Å². The van der Waals surface area contributed by atoms with Gasteiger partial charge in [0.15, 0.2) is 0 Å². The molecule has 5 nitrogen and oxygen atoms in total. The van der Waals surface area contributed by atoms with Crippen LogP contribution < -0.4 is 4.90 Å². The van der Waals surface area contributed by atoms with Gasteiger partial charge in [-0.25, -0.2) is 9.37 Å². The second-order valence-electron chi connectivity index (χ2n) is 6.01. The summed E-state index contributed by atoms with van der Waals surface area (Å²) in [6.45, 7) is 4.39. The van der Waals surface area contributed by atoms with Gasteiger partial charge >= 0.3 is 0 Å². The minimum Gasteiger partial charge on any atom is -0.383 e. The average molecular weight is 410 g/mol. The molecule has 144 valence electrons. The van der Waals surface area contributed by atoms with Gasteiger partial charge in [0.25, 0.3) is 0 Å². The van der Waals surface area contributed by atoms with E-state index in [0.29, 0.717) is 26.3 Å². The van der Waals surface area contributed by atoms with Crippen LogP contribution in [0.1, 0.15) is 4.88 Å². The van der Waals surface area contributed by atoms with E-state index in [-0.39, 0.29) is 11.1 Å². The van der Waals surface area contributed by atoms with Crippen LogP contribution in [0.25, 0.3) is 21.3 Å². The predicted molar refractivity (Wildman–Crippen MR) is 109 cm³/mol. The first-order valence-electron chi connectivity index (χ1n) is 8.50. The van der Waals surface area contributed by atoms with Crippen molar-refractivity contribution in [1.82, 2.24) is 9.97 Å². The Morgan fingerprint density at radius 3 is 2.30 bits per heavy atom. The number of halogens is 2. The number of anilines is 1. The van der Waals surface area contributed by atoms with Crippen LogP contribution in [0.2, 0.25) is 5.28 Å². The maximum atomic E-state index is 13.4. The quantitative estimate of drug-likeness (QED) is 0.510. The predicted octanol–water partition coefficient (Wildman–Crippen LogP) is 4.56. The van der Waals surface area contributed by atoms with Crippen molar-refractivity contribution in [3.63, 3.8) is 0 Å². The van der Waals surface area contributed by atoms with Crippen molar-refractivity contribution in [2.45, 2.75) is 6.92 Å². The zero-order chi connectivity index (χ0) is 19.4. The zero-order valence-corrected chi connectivity index (χ0v) is 17.0. The van der Waals surface area contributed by atoms with E-state index >= 15 is 0 Å². The first-order chi connectivity index (χ1) is 13.0. The number of methoxy groups -OCH3 is 2. The second kappa shape index (κ2) is 8.93. The fraction of sp³-hybridized carbons (Fsp3) is 0.368. The molecule has 0 aliphatic carbocycles. The summed E-state index contributed by atoms with van der Waals surface area (Å²) >= 11 is 7.76. The van der Waals surface area contributed by atoms with Crippen LogP contribution in [-0.4, -0.2) is 50.5 Å². The van der Waals surface area contributed by atoms with E-state index in [1.54, 1.807) is 37.7 Å². The van der Waals surface area contributed by atoms with Crippen LogP contribution in [0.5, 0.6) is 0 Å². The number of hydrogen-bond acceptors (Lipinski definition) is 6. The highest BCUT2D eigenvalue weighted by Gasteiger charge is 2.21. The van der Waals surface area contributed by atoms with Crippen LogP contribution in [-0.2, 0) is 9.47 Å². The van der Waals surface area contributed by atoms with E-state index in [1.165, 1.54) is 12.1 Å². The summed E-state index contributed by atoms with van der Waals surface area (Å²) in [5.41, 5.74) is 1.92. The lowest BCUT2D eigenvalue weighted by atomic mass is 10.0. The number of fused-ring (bicyclic) bond motifs is 1. The molecule has 3 rings (SSSR count). The summed E-state index contributed by atoms with van der Waals surface area (Å²) in [5, 5.41) is 1.12. The molecular weight excluding hydrogens is 389 g/mol. The molecule has 0 N–H and O–H groups in total. The SMILES string of the molecule is COCCN(CCOC)c1nc(Cl)nc2sc(C)c(-c3ccc(F)cc3)c12. The summed E-state index contributed by atoms with van der Waals surface area (Å²) in [4.78, 5) is 12.9.